The molecule has 1 amide bonds. The molecule has 1 aromatic rings. The van der Waals surface area contributed by atoms with Crippen LogP contribution in [-0.2, 0) is 22.6 Å². The molecule has 20 heavy (non-hydrogen) atoms. The highest BCUT2D eigenvalue weighted by Gasteiger charge is 2.06. The van der Waals surface area contributed by atoms with E-state index in [0.29, 0.717) is 6.42 Å². The lowest BCUT2D eigenvalue weighted by Crippen LogP contribution is -2.34. The number of ether oxygens (including phenoxy) is 1. The van der Waals surface area contributed by atoms with E-state index in [1.165, 1.54) is 6.08 Å². The zero-order chi connectivity index (χ0) is 14.8. The molecule has 0 saturated carbocycles. The Morgan fingerprint density at radius 1 is 1.45 bits per heavy atom. The zero-order valence-electron chi connectivity index (χ0n) is 10.9. The van der Waals surface area contributed by atoms with Gasteiger partial charge in [-0.15, -0.1) is 6.58 Å². The predicted octanol–water partition coefficient (Wildman–Crippen LogP) is 1.24. The van der Waals surface area contributed by atoms with Crippen LogP contribution < -0.4 is 10.0 Å². The molecule has 0 spiro atoms. The average Bonchev–Trinajstić information content (AvgIpc) is 2.44. The first kappa shape index (κ1) is 16.4. The lowest BCUT2D eigenvalue weighted by atomic mass is 10.2. The maximum atomic E-state index is 11.4. The average molecular weight is 297 g/mol. The van der Waals surface area contributed by atoms with Crippen LogP contribution in [-0.4, -0.2) is 27.4 Å². The van der Waals surface area contributed by atoms with Crippen LogP contribution in [0.4, 0.5) is 4.79 Å². The van der Waals surface area contributed by atoms with E-state index in [-0.39, 0.29) is 13.2 Å². The Balaban J connectivity index is 2.19. The molecule has 1 aromatic carbocycles. The summed E-state index contributed by atoms with van der Waals surface area (Å²) in [6.45, 7) is 3.99. The van der Waals surface area contributed by atoms with Crippen molar-refractivity contribution < 1.29 is 18.3 Å². The van der Waals surface area contributed by atoms with Gasteiger partial charge >= 0.3 is 6.09 Å². The minimum absolute atomic E-state index is 0.195. The summed E-state index contributed by atoms with van der Waals surface area (Å²) in [5.41, 5.74) is 0.898. The first-order valence-corrected chi connectivity index (χ1v) is 7.12. The van der Waals surface area contributed by atoms with Crippen LogP contribution in [0.3, 0.4) is 0 Å². The number of hydrogen-bond acceptors (Lipinski definition) is 4. The van der Waals surface area contributed by atoms with E-state index in [1.807, 2.05) is 30.3 Å². The SMILES string of the molecule is C=CC(CCNC(=O)OCc1ccccc1)NS(=O)[O-]. The van der Waals surface area contributed by atoms with Gasteiger partial charge in [0, 0.05) is 23.9 Å². The molecule has 110 valence electrons. The van der Waals surface area contributed by atoms with Gasteiger partial charge in [-0.1, -0.05) is 36.4 Å². The maximum Gasteiger partial charge on any atom is 0.407 e. The van der Waals surface area contributed by atoms with Crippen LogP contribution in [0.15, 0.2) is 43.0 Å². The highest BCUT2D eigenvalue weighted by atomic mass is 32.2. The Bertz CT molecular complexity index is 453. The monoisotopic (exact) mass is 297 g/mol. The smallest absolute Gasteiger partial charge is 0.407 e. The van der Waals surface area contributed by atoms with Crippen molar-refractivity contribution in [2.75, 3.05) is 6.54 Å². The number of alkyl carbamates (subject to hydrolysis) is 1. The van der Waals surface area contributed by atoms with Crippen LogP contribution in [0.2, 0.25) is 0 Å². The highest BCUT2D eigenvalue weighted by molar-refractivity contribution is 7.77. The standard InChI is InChI=1S/C13H18N2O4S/c1-2-12(15-20(17)18)8-9-14-13(16)19-10-11-6-4-3-5-7-11/h2-7,12,15H,1,8-10H2,(H,14,16)(H,17,18)/p-1. The molecule has 2 N–H and O–H groups in total. The molecule has 0 bridgehead atoms. The normalized spacial score (nSPS) is 13.2. The molecule has 0 fully saturated rings. The molecule has 1 rings (SSSR count). The molecule has 0 aliphatic heterocycles. The van der Waals surface area contributed by atoms with Crippen molar-refractivity contribution in [3.8, 4) is 0 Å². The number of benzene rings is 1. The number of nitrogens with one attached hydrogen (secondary N) is 2. The van der Waals surface area contributed by atoms with E-state index < -0.39 is 23.4 Å². The van der Waals surface area contributed by atoms with E-state index in [4.69, 9.17) is 4.74 Å². The lowest BCUT2D eigenvalue weighted by molar-refractivity contribution is 0.139. The number of carbonyl (C=O) groups excluding carboxylic acids is 1. The summed E-state index contributed by atoms with van der Waals surface area (Å²) in [5, 5.41) is 2.54. The van der Waals surface area contributed by atoms with Crippen LogP contribution in [0, 0.1) is 0 Å². The highest BCUT2D eigenvalue weighted by Crippen LogP contribution is 2.00. The lowest BCUT2D eigenvalue weighted by Gasteiger charge is -2.16. The molecule has 0 aromatic heterocycles. The summed E-state index contributed by atoms with van der Waals surface area (Å²) >= 11 is -2.35. The fraction of sp³-hybridized carbons (Fsp3) is 0.308. The fourth-order valence-corrected chi connectivity index (χ4v) is 1.91. The van der Waals surface area contributed by atoms with Gasteiger partial charge in [0.05, 0.1) is 0 Å². The van der Waals surface area contributed by atoms with Gasteiger partial charge in [0.2, 0.25) is 0 Å². The van der Waals surface area contributed by atoms with Crippen molar-refractivity contribution in [2.24, 2.45) is 0 Å². The summed E-state index contributed by atoms with van der Waals surface area (Å²) in [5.74, 6) is 0. The minimum atomic E-state index is -2.35. The van der Waals surface area contributed by atoms with Gasteiger partial charge in [-0.25, -0.2) is 9.52 Å². The molecule has 0 aliphatic carbocycles. The van der Waals surface area contributed by atoms with Crippen LogP contribution in [0.1, 0.15) is 12.0 Å². The molecule has 7 heteroatoms. The Kier molecular flexibility index (Phi) is 7.56. The van der Waals surface area contributed by atoms with E-state index in [9.17, 15) is 13.6 Å². The molecule has 0 aliphatic rings. The number of rotatable bonds is 8. The van der Waals surface area contributed by atoms with Crippen molar-refractivity contribution in [3.05, 3.63) is 48.6 Å². The summed E-state index contributed by atoms with van der Waals surface area (Å²) in [6, 6.07) is 8.90. The molecular weight excluding hydrogens is 280 g/mol. The molecule has 2 atom stereocenters. The molecule has 0 heterocycles. The van der Waals surface area contributed by atoms with Crippen molar-refractivity contribution in [3.63, 3.8) is 0 Å². The number of carbonyl (C=O) groups is 1. The van der Waals surface area contributed by atoms with E-state index in [1.54, 1.807) is 0 Å². The Hall–Kier alpha value is -1.70. The van der Waals surface area contributed by atoms with Crippen LogP contribution >= 0.6 is 0 Å². The van der Waals surface area contributed by atoms with Crippen molar-refractivity contribution >= 4 is 17.4 Å². The van der Waals surface area contributed by atoms with E-state index >= 15 is 0 Å². The van der Waals surface area contributed by atoms with Gasteiger partial charge in [-0.2, -0.15) is 0 Å². The predicted molar refractivity (Wildman–Crippen MR) is 75.3 cm³/mol. The maximum absolute atomic E-state index is 11.4. The van der Waals surface area contributed by atoms with Crippen molar-refractivity contribution in [1.29, 1.82) is 0 Å². The first-order valence-electron chi connectivity index (χ1n) is 6.04. The number of hydrogen-bond donors (Lipinski definition) is 2. The third-order valence-electron chi connectivity index (χ3n) is 2.47. The number of amides is 1. The Morgan fingerprint density at radius 3 is 2.75 bits per heavy atom. The van der Waals surface area contributed by atoms with Crippen LogP contribution in [0.25, 0.3) is 0 Å². The van der Waals surface area contributed by atoms with Crippen molar-refractivity contribution in [1.82, 2.24) is 10.0 Å². The molecule has 0 saturated heterocycles. The summed E-state index contributed by atoms with van der Waals surface area (Å²) in [4.78, 5) is 11.4. The topological polar surface area (TPSA) is 90.5 Å². The van der Waals surface area contributed by atoms with E-state index in [0.717, 1.165) is 5.56 Å². The van der Waals surface area contributed by atoms with Crippen LogP contribution in [0.5, 0.6) is 0 Å². The Labute approximate surface area is 120 Å². The third-order valence-corrected chi connectivity index (χ3v) is 2.96. The van der Waals surface area contributed by atoms with Gasteiger partial charge in [0.1, 0.15) is 6.61 Å². The van der Waals surface area contributed by atoms with Gasteiger partial charge < -0.3 is 14.6 Å². The second-order valence-corrected chi connectivity index (χ2v) is 4.68. The molecule has 2 unspecified atom stereocenters. The second-order valence-electron chi connectivity index (χ2n) is 3.97. The van der Waals surface area contributed by atoms with Gasteiger partial charge in [-0.3, -0.25) is 4.21 Å². The van der Waals surface area contributed by atoms with Gasteiger partial charge in [0.25, 0.3) is 0 Å². The zero-order valence-corrected chi connectivity index (χ0v) is 11.7. The quantitative estimate of drug-likeness (QED) is 0.558. The first-order chi connectivity index (χ1) is 9.61. The second kappa shape index (κ2) is 9.24. The largest absolute Gasteiger partial charge is 0.760 e. The summed E-state index contributed by atoms with van der Waals surface area (Å²) in [7, 11) is 0. The fourth-order valence-electron chi connectivity index (χ4n) is 1.45. The molecule has 6 nitrogen and oxygen atoms in total. The molecule has 0 radical (unpaired) electrons. The van der Waals surface area contributed by atoms with E-state index in [2.05, 4.69) is 16.6 Å². The van der Waals surface area contributed by atoms with Gasteiger partial charge in [0.15, 0.2) is 0 Å². The summed E-state index contributed by atoms with van der Waals surface area (Å²) in [6.07, 6.45) is 1.32. The third kappa shape index (κ3) is 7.03. The Morgan fingerprint density at radius 2 is 2.15 bits per heavy atom. The minimum Gasteiger partial charge on any atom is -0.760 e. The van der Waals surface area contributed by atoms with Crippen molar-refractivity contribution in [2.45, 2.75) is 19.1 Å². The molecular formula is C13H17N2O4S-. The summed E-state index contributed by atoms with van der Waals surface area (Å²) < 4.78 is 28.2. The van der Waals surface area contributed by atoms with Gasteiger partial charge in [-0.05, 0) is 12.0 Å².